The van der Waals surface area contributed by atoms with Crippen molar-refractivity contribution in [1.29, 1.82) is 0 Å². The molecule has 1 saturated heterocycles. The lowest BCUT2D eigenvalue weighted by Crippen LogP contribution is -2.48. The van der Waals surface area contributed by atoms with E-state index in [1.807, 2.05) is 36.2 Å². The Labute approximate surface area is 170 Å². The number of carbonyl (C=O) groups excluding carboxylic acids is 1. The number of aromatic amines is 1. The van der Waals surface area contributed by atoms with E-state index in [0.717, 1.165) is 58.7 Å². The number of anilines is 1. The standard InChI is InChI=1S/C22H26N6O/c1-4-27-10-13(2)20(12-27)28-11-16-8-17-19(9-18(16)24-22(28)29)25-26-21(17)15-5-6-23-14(3)7-15/h5-9,13,20H,4,10-12H2,1-3H3,(H,24,29)(H,25,26). The van der Waals surface area contributed by atoms with Gasteiger partial charge in [-0.1, -0.05) is 13.8 Å². The van der Waals surface area contributed by atoms with Gasteiger partial charge in [0.05, 0.1) is 11.6 Å². The van der Waals surface area contributed by atoms with Crippen LogP contribution in [0.5, 0.6) is 0 Å². The number of fused-ring (bicyclic) bond motifs is 2. The molecule has 0 spiro atoms. The Bertz CT molecular complexity index is 1090. The van der Waals surface area contributed by atoms with Gasteiger partial charge in [-0.25, -0.2) is 4.79 Å². The van der Waals surface area contributed by atoms with Crippen LogP contribution in [0.25, 0.3) is 22.2 Å². The Kier molecular flexibility index (Phi) is 4.28. The van der Waals surface area contributed by atoms with Crippen molar-refractivity contribution in [3.63, 3.8) is 0 Å². The third-order valence-electron chi connectivity index (χ3n) is 6.30. The lowest BCUT2D eigenvalue weighted by molar-refractivity contribution is 0.169. The maximum absolute atomic E-state index is 12.8. The summed E-state index contributed by atoms with van der Waals surface area (Å²) in [7, 11) is 0. The Morgan fingerprint density at radius 1 is 1.24 bits per heavy atom. The largest absolute Gasteiger partial charge is 0.322 e. The Morgan fingerprint density at radius 3 is 2.86 bits per heavy atom. The van der Waals surface area contributed by atoms with Crippen LogP contribution in [0.3, 0.4) is 0 Å². The smallest absolute Gasteiger partial charge is 0.316 e. The number of benzene rings is 1. The molecule has 0 aliphatic carbocycles. The van der Waals surface area contributed by atoms with E-state index in [2.05, 4.69) is 45.3 Å². The van der Waals surface area contributed by atoms with E-state index in [0.29, 0.717) is 12.5 Å². The summed E-state index contributed by atoms with van der Waals surface area (Å²) in [6, 6.07) is 8.43. The quantitative estimate of drug-likeness (QED) is 0.716. The van der Waals surface area contributed by atoms with Crippen LogP contribution >= 0.6 is 0 Å². The fraction of sp³-hybridized carbons (Fsp3) is 0.409. The van der Waals surface area contributed by atoms with Crippen LogP contribution in [0.2, 0.25) is 0 Å². The molecular formula is C22H26N6O. The molecule has 4 heterocycles. The van der Waals surface area contributed by atoms with Crippen molar-refractivity contribution in [1.82, 2.24) is 25.0 Å². The molecule has 2 aliphatic heterocycles. The molecule has 2 N–H and O–H groups in total. The first-order valence-corrected chi connectivity index (χ1v) is 10.3. The first-order valence-electron chi connectivity index (χ1n) is 10.3. The van der Waals surface area contributed by atoms with E-state index < -0.39 is 0 Å². The summed E-state index contributed by atoms with van der Waals surface area (Å²) >= 11 is 0. The first-order chi connectivity index (χ1) is 14.0. The van der Waals surface area contributed by atoms with E-state index in [1.165, 1.54) is 0 Å². The molecule has 7 heteroatoms. The number of nitrogens with zero attached hydrogens (tertiary/aromatic N) is 4. The van der Waals surface area contributed by atoms with E-state index >= 15 is 0 Å². The van der Waals surface area contributed by atoms with Gasteiger partial charge in [0.25, 0.3) is 0 Å². The van der Waals surface area contributed by atoms with Crippen molar-refractivity contribution >= 4 is 22.6 Å². The van der Waals surface area contributed by atoms with E-state index in [-0.39, 0.29) is 12.1 Å². The van der Waals surface area contributed by atoms with Gasteiger partial charge in [0.15, 0.2) is 0 Å². The molecule has 7 nitrogen and oxygen atoms in total. The van der Waals surface area contributed by atoms with Gasteiger partial charge in [-0.3, -0.25) is 10.1 Å². The van der Waals surface area contributed by atoms with Crippen LogP contribution in [0.15, 0.2) is 30.5 Å². The highest BCUT2D eigenvalue weighted by molar-refractivity contribution is 6.00. The molecule has 3 aromatic rings. The van der Waals surface area contributed by atoms with Crippen molar-refractivity contribution < 1.29 is 4.79 Å². The molecule has 2 aromatic heterocycles. The topological polar surface area (TPSA) is 77.2 Å². The van der Waals surface area contributed by atoms with Crippen LogP contribution in [0.4, 0.5) is 10.5 Å². The predicted octanol–water partition coefficient (Wildman–Crippen LogP) is 3.62. The predicted molar refractivity (Wildman–Crippen MR) is 114 cm³/mol. The van der Waals surface area contributed by atoms with Gasteiger partial charge in [0, 0.05) is 48.2 Å². The van der Waals surface area contributed by atoms with E-state index in [1.54, 1.807) is 0 Å². The second kappa shape index (κ2) is 6.84. The molecule has 5 rings (SSSR count). The van der Waals surface area contributed by atoms with Gasteiger partial charge in [-0.2, -0.15) is 5.10 Å². The molecule has 2 aliphatic rings. The average Bonchev–Trinajstić information content (AvgIpc) is 3.28. The number of rotatable bonds is 3. The third-order valence-corrected chi connectivity index (χ3v) is 6.30. The van der Waals surface area contributed by atoms with Crippen molar-refractivity contribution in [2.45, 2.75) is 33.4 Å². The summed E-state index contributed by atoms with van der Waals surface area (Å²) in [5, 5.41) is 11.8. The van der Waals surface area contributed by atoms with Gasteiger partial charge in [0.2, 0.25) is 0 Å². The second-order valence-corrected chi connectivity index (χ2v) is 8.27. The number of aryl methyl sites for hydroxylation is 1. The minimum Gasteiger partial charge on any atom is -0.316 e. The number of aromatic nitrogens is 3. The van der Waals surface area contributed by atoms with Crippen LogP contribution in [0, 0.1) is 12.8 Å². The minimum atomic E-state index is -0.00356. The molecule has 0 radical (unpaired) electrons. The van der Waals surface area contributed by atoms with Gasteiger partial charge in [-0.15, -0.1) is 0 Å². The first kappa shape index (κ1) is 18.1. The highest BCUT2D eigenvalue weighted by atomic mass is 16.2. The number of urea groups is 1. The molecule has 2 amide bonds. The van der Waals surface area contributed by atoms with Crippen LogP contribution in [-0.4, -0.2) is 56.7 Å². The van der Waals surface area contributed by atoms with Crippen LogP contribution in [0.1, 0.15) is 25.1 Å². The number of likely N-dealkylation sites (N-methyl/N-ethyl adjacent to an activating group) is 1. The zero-order valence-corrected chi connectivity index (χ0v) is 17.1. The summed E-state index contributed by atoms with van der Waals surface area (Å²) in [5.74, 6) is 0.468. The number of amides is 2. The van der Waals surface area contributed by atoms with Gasteiger partial charge in [0.1, 0.15) is 5.69 Å². The van der Waals surface area contributed by atoms with E-state index in [4.69, 9.17) is 0 Å². The number of H-pyrrole nitrogens is 1. The molecule has 0 saturated carbocycles. The molecule has 1 fully saturated rings. The third kappa shape index (κ3) is 3.06. The number of likely N-dealkylation sites (tertiary alicyclic amines) is 1. The fourth-order valence-electron chi connectivity index (χ4n) is 4.69. The van der Waals surface area contributed by atoms with Gasteiger partial charge in [-0.05, 0) is 49.2 Å². The maximum atomic E-state index is 12.8. The van der Waals surface area contributed by atoms with Crippen molar-refractivity contribution in [3.05, 3.63) is 41.7 Å². The molecule has 29 heavy (non-hydrogen) atoms. The molecular weight excluding hydrogens is 364 g/mol. The van der Waals surface area contributed by atoms with Crippen LogP contribution in [-0.2, 0) is 6.54 Å². The maximum Gasteiger partial charge on any atom is 0.322 e. The van der Waals surface area contributed by atoms with Crippen molar-refractivity contribution in [3.8, 4) is 11.3 Å². The Morgan fingerprint density at radius 2 is 2.10 bits per heavy atom. The highest BCUT2D eigenvalue weighted by Crippen LogP contribution is 2.35. The summed E-state index contributed by atoms with van der Waals surface area (Å²) in [5.41, 5.74) is 5.86. The lowest BCUT2D eigenvalue weighted by atomic mass is 10.00. The number of pyridine rings is 1. The molecule has 2 atom stereocenters. The van der Waals surface area contributed by atoms with Crippen molar-refractivity contribution in [2.24, 2.45) is 5.92 Å². The summed E-state index contributed by atoms with van der Waals surface area (Å²) < 4.78 is 0. The number of carbonyl (C=O) groups is 1. The minimum absolute atomic E-state index is 0.00356. The Hall–Kier alpha value is -2.93. The summed E-state index contributed by atoms with van der Waals surface area (Å²) in [6.07, 6.45) is 1.81. The Balaban J connectivity index is 1.52. The lowest BCUT2D eigenvalue weighted by Gasteiger charge is -2.35. The highest BCUT2D eigenvalue weighted by Gasteiger charge is 2.37. The van der Waals surface area contributed by atoms with E-state index in [9.17, 15) is 4.79 Å². The summed E-state index contributed by atoms with van der Waals surface area (Å²) in [6.45, 7) is 10.0. The number of hydrogen-bond acceptors (Lipinski definition) is 4. The molecule has 1 aromatic carbocycles. The second-order valence-electron chi connectivity index (χ2n) is 8.27. The van der Waals surface area contributed by atoms with Gasteiger partial charge >= 0.3 is 6.03 Å². The number of hydrogen-bond donors (Lipinski definition) is 2. The zero-order valence-electron chi connectivity index (χ0n) is 17.1. The van der Waals surface area contributed by atoms with Crippen LogP contribution < -0.4 is 5.32 Å². The van der Waals surface area contributed by atoms with Crippen molar-refractivity contribution in [2.75, 3.05) is 25.0 Å². The fourth-order valence-corrected chi connectivity index (χ4v) is 4.69. The molecule has 2 unspecified atom stereocenters. The molecule has 150 valence electrons. The van der Waals surface area contributed by atoms with Gasteiger partial charge < -0.3 is 15.1 Å². The molecule has 0 bridgehead atoms. The normalized spacial score (nSPS) is 22.2. The monoisotopic (exact) mass is 390 g/mol. The summed E-state index contributed by atoms with van der Waals surface area (Å²) in [4.78, 5) is 21.6. The SMILES string of the molecule is CCN1CC(C)C(N2Cc3cc4c(-c5ccnc(C)c5)n[nH]c4cc3NC2=O)C1. The zero-order chi connectivity index (χ0) is 20.1. The number of nitrogens with one attached hydrogen (secondary N) is 2. The average molecular weight is 390 g/mol.